The molecule has 1 aliphatic rings. The van der Waals surface area contributed by atoms with E-state index >= 15 is 0 Å². The normalized spacial score (nSPS) is 14.8. The SMILES string of the molecule is O=C(O)c1ccc(-c2cc(C(=O)N3CCCCC3)cs2)cc1. The number of carbonyl (C=O) groups excluding carboxylic acids is 1. The Labute approximate surface area is 133 Å². The van der Waals surface area contributed by atoms with E-state index in [1.165, 1.54) is 17.8 Å². The fraction of sp³-hybridized carbons (Fsp3) is 0.294. The smallest absolute Gasteiger partial charge is 0.335 e. The number of thiophene rings is 1. The Hall–Kier alpha value is -2.14. The predicted octanol–water partition coefficient (Wildman–Crippen LogP) is 3.74. The zero-order valence-corrected chi connectivity index (χ0v) is 12.9. The molecule has 1 aliphatic heterocycles. The van der Waals surface area contributed by atoms with Gasteiger partial charge in [0.25, 0.3) is 5.91 Å². The van der Waals surface area contributed by atoms with Gasteiger partial charge in [0.1, 0.15) is 0 Å². The largest absolute Gasteiger partial charge is 0.478 e. The molecule has 0 unspecified atom stereocenters. The Morgan fingerprint density at radius 2 is 1.68 bits per heavy atom. The van der Waals surface area contributed by atoms with Gasteiger partial charge in [0.15, 0.2) is 0 Å². The van der Waals surface area contributed by atoms with Crippen LogP contribution >= 0.6 is 11.3 Å². The van der Waals surface area contributed by atoms with Crippen molar-refractivity contribution in [3.8, 4) is 10.4 Å². The summed E-state index contributed by atoms with van der Waals surface area (Å²) in [4.78, 5) is 26.2. The van der Waals surface area contributed by atoms with Gasteiger partial charge in [-0.1, -0.05) is 12.1 Å². The Balaban J connectivity index is 1.78. The summed E-state index contributed by atoms with van der Waals surface area (Å²) in [5.74, 6) is -0.831. The molecule has 1 aromatic heterocycles. The summed E-state index contributed by atoms with van der Waals surface area (Å²) in [5, 5.41) is 10.8. The lowest BCUT2D eigenvalue weighted by Crippen LogP contribution is -2.35. The van der Waals surface area contributed by atoms with Gasteiger partial charge in [-0.3, -0.25) is 4.79 Å². The molecule has 1 N–H and O–H groups in total. The van der Waals surface area contributed by atoms with Crippen molar-refractivity contribution in [2.45, 2.75) is 19.3 Å². The first-order valence-electron chi connectivity index (χ1n) is 7.37. The highest BCUT2D eigenvalue weighted by molar-refractivity contribution is 7.13. The third-order valence-electron chi connectivity index (χ3n) is 3.91. The van der Waals surface area contributed by atoms with Gasteiger partial charge >= 0.3 is 5.97 Å². The number of aromatic carboxylic acids is 1. The molecule has 3 rings (SSSR count). The molecule has 0 bridgehead atoms. The third kappa shape index (κ3) is 3.04. The average Bonchev–Trinajstić information content (AvgIpc) is 3.05. The van der Waals surface area contributed by atoms with Crippen LogP contribution in [0.15, 0.2) is 35.7 Å². The van der Waals surface area contributed by atoms with Gasteiger partial charge < -0.3 is 10.0 Å². The zero-order valence-electron chi connectivity index (χ0n) is 12.1. The second-order valence-electron chi connectivity index (χ2n) is 5.43. The zero-order chi connectivity index (χ0) is 15.5. The number of hydrogen-bond acceptors (Lipinski definition) is 3. The number of carboxylic acids is 1. The van der Waals surface area contributed by atoms with E-state index in [0.717, 1.165) is 41.9 Å². The number of carboxylic acid groups (broad SMARTS) is 1. The molecule has 2 heterocycles. The van der Waals surface area contributed by atoms with E-state index in [9.17, 15) is 9.59 Å². The van der Waals surface area contributed by atoms with Gasteiger partial charge in [0, 0.05) is 23.3 Å². The lowest BCUT2D eigenvalue weighted by Gasteiger charge is -2.26. The van der Waals surface area contributed by atoms with Crippen LogP contribution in [0.2, 0.25) is 0 Å². The second kappa shape index (κ2) is 6.32. The van der Waals surface area contributed by atoms with E-state index in [2.05, 4.69) is 0 Å². The third-order valence-corrected chi connectivity index (χ3v) is 4.89. The first-order chi connectivity index (χ1) is 10.6. The number of rotatable bonds is 3. The van der Waals surface area contributed by atoms with Crippen LogP contribution in [0.5, 0.6) is 0 Å². The molecule has 4 nitrogen and oxygen atoms in total. The monoisotopic (exact) mass is 315 g/mol. The first-order valence-corrected chi connectivity index (χ1v) is 8.24. The van der Waals surface area contributed by atoms with Crippen LogP contribution in [0.25, 0.3) is 10.4 Å². The lowest BCUT2D eigenvalue weighted by atomic mass is 10.1. The van der Waals surface area contributed by atoms with Gasteiger partial charge in [-0.2, -0.15) is 0 Å². The molecule has 114 valence electrons. The van der Waals surface area contributed by atoms with E-state index in [0.29, 0.717) is 0 Å². The standard InChI is InChI=1S/C17H17NO3S/c19-16(18-8-2-1-3-9-18)14-10-15(22-11-14)12-4-6-13(7-5-12)17(20)21/h4-7,10-11H,1-3,8-9H2,(H,20,21). The molecule has 1 amide bonds. The highest BCUT2D eigenvalue weighted by Gasteiger charge is 2.19. The van der Waals surface area contributed by atoms with Crippen molar-refractivity contribution in [1.82, 2.24) is 4.90 Å². The molecule has 22 heavy (non-hydrogen) atoms. The molecule has 2 aromatic rings. The number of hydrogen-bond donors (Lipinski definition) is 1. The van der Waals surface area contributed by atoms with Crippen LogP contribution in [0.1, 0.15) is 40.0 Å². The molecule has 1 aromatic carbocycles. The molecule has 5 heteroatoms. The van der Waals surface area contributed by atoms with Gasteiger partial charge in [0.2, 0.25) is 0 Å². The van der Waals surface area contributed by atoms with Crippen LogP contribution in [0.3, 0.4) is 0 Å². The maximum atomic E-state index is 12.4. The topological polar surface area (TPSA) is 57.6 Å². The fourth-order valence-electron chi connectivity index (χ4n) is 2.66. The minimum Gasteiger partial charge on any atom is -0.478 e. The minimum absolute atomic E-state index is 0.101. The van der Waals surface area contributed by atoms with Crippen LogP contribution in [0.4, 0.5) is 0 Å². The van der Waals surface area contributed by atoms with Gasteiger partial charge in [-0.15, -0.1) is 11.3 Å². The predicted molar refractivity (Wildman–Crippen MR) is 86.5 cm³/mol. The number of carbonyl (C=O) groups is 2. The number of nitrogens with zero attached hydrogens (tertiary/aromatic N) is 1. The number of benzene rings is 1. The van der Waals surface area contributed by atoms with E-state index in [1.807, 2.05) is 16.3 Å². The minimum atomic E-state index is -0.932. The molecule has 0 saturated carbocycles. The van der Waals surface area contributed by atoms with E-state index in [-0.39, 0.29) is 11.5 Å². The van der Waals surface area contributed by atoms with E-state index in [1.54, 1.807) is 24.3 Å². The Kier molecular flexibility index (Phi) is 4.24. The summed E-state index contributed by atoms with van der Waals surface area (Å²) in [6.45, 7) is 1.69. The van der Waals surface area contributed by atoms with Crippen molar-refractivity contribution < 1.29 is 14.7 Å². The molecule has 1 fully saturated rings. The average molecular weight is 315 g/mol. The van der Waals surface area contributed by atoms with Gasteiger partial charge in [-0.05, 0) is 43.0 Å². The van der Waals surface area contributed by atoms with Crippen molar-refractivity contribution in [2.75, 3.05) is 13.1 Å². The summed E-state index contributed by atoms with van der Waals surface area (Å²) >= 11 is 1.51. The molecule has 0 aliphatic carbocycles. The van der Waals surface area contributed by atoms with Crippen molar-refractivity contribution in [3.63, 3.8) is 0 Å². The number of likely N-dealkylation sites (tertiary alicyclic amines) is 1. The maximum Gasteiger partial charge on any atom is 0.335 e. The maximum absolute atomic E-state index is 12.4. The summed E-state index contributed by atoms with van der Waals surface area (Å²) in [7, 11) is 0. The summed E-state index contributed by atoms with van der Waals surface area (Å²) in [6, 6.07) is 8.64. The summed E-state index contributed by atoms with van der Waals surface area (Å²) < 4.78 is 0. The molecular formula is C17H17NO3S. The van der Waals surface area contributed by atoms with Crippen LogP contribution < -0.4 is 0 Å². The first kappa shape index (κ1) is 14.8. The van der Waals surface area contributed by atoms with Gasteiger partial charge in [-0.25, -0.2) is 4.79 Å². The highest BCUT2D eigenvalue weighted by atomic mass is 32.1. The van der Waals surface area contributed by atoms with Crippen molar-refractivity contribution >= 4 is 23.2 Å². The summed E-state index contributed by atoms with van der Waals surface area (Å²) in [5.41, 5.74) is 1.93. The quantitative estimate of drug-likeness (QED) is 0.938. The van der Waals surface area contributed by atoms with Crippen LogP contribution in [0, 0.1) is 0 Å². The van der Waals surface area contributed by atoms with Gasteiger partial charge in [0.05, 0.1) is 11.1 Å². The van der Waals surface area contributed by atoms with E-state index < -0.39 is 5.97 Å². The lowest BCUT2D eigenvalue weighted by molar-refractivity contribution is 0.0694. The summed E-state index contributed by atoms with van der Waals surface area (Å²) in [6.07, 6.45) is 3.37. The van der Waals surface area contributed by atoms with Crippen molar-refractivity contribution in [3.05, 3.63) is 46.8 Å². The van der Waals surface area contributed by atoms with Crippen molar-refractivity contribution in [2.24, 2.45) is 0 Å². The van der Waals surface area contributed by atoms with Crippen LogP contribution in [-0.2, 0) is 0 Å². The molecular weight excluding hydrogens is 298 g/mol. The number of piperidine rings is 1. The molecule has 0 atom stereocenters. The Bertz CT molecular complexity index is 684. The molecule has 0 spiro atoms. The van der Waals surface area contributed by atoms with Crippen molar-refractivity contribution in [1.29, 1.82) is 0 Å². The highest BCUT2D eigenvalue weighted by Crippen LogP contribution is 2.28. The fourth-order valence-corrected chi connectivity index (χ4v) is 3.55. The Morgan fingerprint density at radius 3 is 2.32 bits per heavy atom. The van der Waals surface area contributed by atoms with Crippen LogP contribution in [-0.4, -0.2) is 35.0 Å². The number of amides is 1. The second-order valence-corrected chi connectivity index (χ2v) is 6.35. The molecule has 1 saturated heterocycles. The van der Waals surface area contributed by atoms with E-state index in [4.69, 9.17) is 5.11 Å². The molecule has 0 radical (unpaired) electrons. The Morgan fingerprint density at radius 1 is 1.00 bits per heavy atom.